The summed E-state index contributed by atoms with van der Waals surface area (Å²) in [7, 11) is 1.57. The minimum atomic E-state index is -1.34. The van der Waals surface area contributed by atoms with Gasteiger partial charge in [0.15, 0.2) is 5.96 Å². The van der Waals surface area contributed by atoms with Crippen molar-refractivity contribution in [3.63, 3.8) is 0 Å². The number of carbonyl (C=O) groups is 8. The third kappa shape index (κ3) is 16.7. The molecule has 7 atom stereocenters. The Balaban J connectivity index is 1.88. The van der Waals surface area contributed by atoms with Gasteiger partial charge in [-0.05, 0) is 69.2 Å². The SMILES string of the molecule is CNCC(=O)NC(CCCN=C(N)N)C(=O)NC(C(=O)NC(Cc1ccc(O)cc1)C(=O)NC(C(=O)NC(Cc1cnc[nH]1)C(=O)N1CCCC1C(=O)NC(C)C(=O)O)C(C)C)C(C)C. The second kappa shape index (κ2) is 25.5. The summed E-state index contributed by atoms with van der Waals surface area (Å²) in [5.74, 6) is -7.20. The fourth-order valence-corrected chi connectivity index (χ4v) is 7.05. The number of likely N-dealkylation sites (tertiary alicyclic amines) is 1. The number of carboxylic acids is 1. The predicted octanol–water partition coefficient (Wildman–Crippen LogP) is -2.51. The molecule has 1 aromatic carbocycles. The summed E-state index contributed by atoms with van der Waals surface area (Å²) in [6.07, 6.45) is 3.84. The molecular formula is C42H65N13O10. The van der Waals surface area contributed by atoms with Gasteiger partial charge >= 0.3 is 5.97 Å². The van der Waals surface area contributed by atoms with Gasteiger partial charge in [0.1, 0.15) is 48.0 Å². The van der Waals surface area contributed by atoms with Crippen LogP contribution in [0.1, 0.15) is 71.6 Å². The van der Waals surface area contributed by atoms with E-state index in [1.165, 1.54) is 36.5 Å². The standard InChI is InChI=1S/C42H65N13O10/c1-22(2)33(53-35(58)28(50-32(57)20-45-6)9-7-15-47-42(43)44)38(61)51-29(17-25-11-13-27(56)14-12-25)36(59)54-34(23(3)4)39(62)52-30(18-26-19-46-21-48-26)40(63)55-16-8-10-31(55)37(60)49-24(5)41(64)65/h11-14,19,21-24,28-31,33-34,45,56H,7-10,15-18,20H2,1-6H3,(H,46,48)(H,49,60)(H,50,57)(H,51,61)(H,52,62)(H,53,58)(H,54,59)(H,64,65)(H4,43,44,47). The maximum absolute atomic E-state index is 14.3. The van der Waals surface area contributed by atoms with E-state index in [4.69, 9.17) is 11.5 Å². The number of phenolic OH excluding ortho intramolecular Hbond substituents is 1. The second-order valence-corrected chi connectivity index (χ2v) is 16.6. The highest BCUT2D eigenvalue weighted by Crippen LogP contribution is 2.20. The van der Waals surface area contributed by atoms with E-state index in [0.717, 1.165) is 0 Å². The van der Waals surface area contributed by atoms with Gasteiger partial charge in [-0.1, -0.05) is 39.8 Å². The number of aromatic nitrogens is 2. The molecule has 3 rings (SSSR count). The fraction of sp³-hybridized carbons (Fsp3) is 0.571. The number of nitrogens with zero attached hydrogens (tertiary/aromatic N) is 3. The van der Waals surface area contributed by atoms with E-state index >= 15 is 0 Å². The first-order valence-electron chi connectivity index (χ1n) is 21.5. The van der Waals surface area contributed by atoms with E-state index in [1.54, 1.807) is 46.9 Å². The maximum Gasteiger partial charge on any atom is 0.325 e. The van der Waals surface area contributed by atoms with Crippen molar-refractivity contribution in [1.29, 1.82) is 0 Å². The van der Waals surface area contributed by atoms with Gasteiger partial charge < -0.3 is 68.8 Å². The Labute approximate surface area is 377 Å². The van der Waals surface area contributed by atoms with Gasteiger partial charge in [-0.3, -0.25) is 43.3 Å². The van der Waals surface area contributed by atoms with E-state index in [2.05, 4.69) is 52.2 Å². The third-order valence-electron chi connectivity index (χ3n) is 10.6. The number of guanidine groups is 1. The molecule has 65 heavy (non-hydrogen) atoms. The molecule has 2 heterocycles. The van der Waals surface area contributed by atoms with Crippen molar-refractivity contribution in [2.24, 2.45) is 28.3 Å². The Morgan fingerprint density at radius 1 is 0.815 bits per heavy atom. The number of nitrogens with one attached hydrogen (secondary N) is 8. The van der Waals surface area contributed by atoms with Gasteiger partial charge in [0.25, 0.3) is 0 Å². The molecule has 23 heteroatoms. The van der Waals surface area contributed by atoms with E-state index in [9.17, 15) is 48.6 Å². The van der Waals surface area contributed by atoms with Gasteiger partial charge in [0.2, 0.25) is 41.4 Å². The van der Waals surface area contributed by atoms with Crippen LogP contribution in [0.5, 0.6) is 5.75 Å². The van der Waals surface area contributed by atoms with Gasteiger partial charge in [0, 0.05) is 37.8 Å². The summed E-state index contributed by atoms with van der Waals surface area (Å²) < 4.78 is 0. The number of carboxylic acid groups (broad SMARTS) is 1. The highest BCUT2D eigenvalue weighted by atomic mass is 16.4. The van der Waals surface area contributed by atoms with Crippen LogP contribution in [0.4, 0.5) is 0 Å². The molecule has 1 aliphatic heterocycles. The molecule has 14 N–H and O–H groups in total. The number of aromatic hydroxyl groups is 1. The number of nitrogens with two attached hydrogens (primary N) is 2. The summed E-state index contributed by atoms with van der Waals surface area (Å²) in [4.78, 5) is 120. The number of aliphatic carboxylic acids is 1. The first-order chi connectivity index (χ1) is 30.7. The molecule has 0 saturated carbocycles. The number of carbonyl (C=O) groups excluding carboxylic acids is 7. The van der Waals surface area contributed by atoms with Crippen LogP contribution in [-0.2, 0) is 51.2 Å². The number of imidazole rings is 1. The molecule has 1 aromatic heterocycles. The number of hydrogen-bond acceptors (Lipinski definition) is 12. The minimum Gasteiger partial charge on any atom is -0.508 e. The zero-order valence-corrected chi connectivity index (χ0v) is 37.7. The molecule has 0 bridgehead atoms. The van der Waals surface area contributed by atoms with E-state index < -0.39 is 101 Å². The Bertz CT molecular complexity index is 1970. The van der Waals surface area contributed by atoms with Crippen molar-refractivity contribution in [3.05, 3.63) is 48.0 Å². The molecule has 1 saturated heterocycles. The number of aromatic amines is 1. The number of likely N-dealkylation sites (N-methyl/N-ethyl adjacent to an activating group) is 1. The van der Waals surface area contributed by atoms with Gasteiger partial charge in [0.05, 0.1) is 12.9 Å². The minimum absolute atomic E-state index is 0.0393. The van der Waals surface area contributed by atoms with Crippen LogP contribution >= 0.6 is 0 Å². The molecule has 0 spiro atoms. The summed E-state index contributed by atoms with van der Waals surface area (Å²) in [5, 5.41) is 37.9. The van der Waals surface area contributed by atoms with Crippen molar-refractivity contribution >= 4 is 53.3 Å². The molecule has 2 aromatic rings. The normalized spacial score (nSPS) is 16.2. The van der Waals surface area contributed by atoms with Gasteiger partial charge in [-0.25, -0.2) is 4.98 Å². The number of benzene rings is 1. The van der Waals surface area contributed by atoms with Crippen LogP contribution in [-0.4, -0.2) is 147 Å². The topological polar surface area (TPSA) is 358 Å². The zero-order valence-electron chi connectivity index (χ0n) is 37.7. The molecule has 23 nitrogen and oxygen atoms in total. The Morgan fingerprint density at radius 3 is 1.95 bits per heavy atom. The van der Waals surface area contributed by atoms with Crippen molar-refractivity contribution in [3.8, 4) is 5.75 Å². The smallest absolute Gasteiger partial charge is 0.325 e. The summed E-state index contributed by atoms with van der Waals surface area (Å²) in [5.41, 5.74) is 11.9. The number of phenols is 1. The van der Waals surface area contributed by atoms with Crippen molar-refractivity contribution in [2.45, 2.75) is 115 Å². The highest BCUT2D eigenvalue weighted by Gasteiger charge is 2.40. The molecule has 358 valence electrons. The number of H-pyrrole nitrogens is 1. The van der Waals surface area contributed by atoms with Crippen LogP contribution < -0.4 is 48.7 Å². The molecule has 0 radical (unpaired) electrons. The van der Waals surface area contributed by atoms with Crippen molar-refractivity contribution in [2.75, 3.05) is 26.7 Å². The first-order valence-corrected chi connectivity index (χ1v) is 21.5. The van der Waals surface area contributed by atoms with Crippen LogP contribution in [0.2, 0.25) is 0 Å². The van der Waals surface area contributed by atoms with Crippen LogP contribution in [0.25, 0.3) is 0 Å². The molecular weight excluding hydrogens is 847 g/mol. The molecule has 7 amide bonds. The quantitative estimate of drug-likeness (QED) is 0.0278. The first kappa shape index (κ1) is 52.6. The number of amides is 7. The largest absolute Gasteiger partial charge is 0.508 e. The summed E-state index contributed by atoms with van der Waals surface area (Å²) in [6.45, 7) is 8.27. The lowest BCUT2D eigenvalue weighted by Gasteiger charge is -2.31. The Morgan fingerprint density at radius 2 is 1.42 bits per heavy atom. The Kier molecular flexibility index (Phi) is 20.6. The van der Waals surface area contributed by atoms with E-state index in [0.29, 0.717) is 24.1 Å². The van der Waals surface area contributed by atoms with Crippen LogP contribution in [0, 0.1) is 11.8 Å². The van der Waals surface area contributed by atoms with E-state index in [-0.39, 0.29) is 57.0 Å². The van der Waals surface area contributed by atoms with E-state index in [1.807, 2.05) is 0 Å². The predicted molar refractivity (Wildman–Crippen MR) is 237 cm³/mol. The molecule has 0 aliphatic carbocycles. The fourth-order valence-electron chi connectivity index (χ4n) is 7.05. The van der Waals surface area contributed by atoms with Crippen LogP contribution in [0.3, 0.4) is 0 Å². The van der Waals surface area contributed by atoms with Crippen molar-refractivity contribution < 1.29 is 48.6 Å². The lowest BCUT2D eigenvalue weighted by atomic mass is 9.98. The average molecular weight is 912 g/mol. The summed E-state index contributed by atoms with van der Waals surface area (Å²) >= 11 is 0. The molecule has 7 unspecified atom stereocenters. The number of hydrogen-bond donors (Lipinski definition) is 12. The summed E-state index contributed by atoms with van der Waals surface area (Å²) in [6, 6.07) is -2.43. The number of aliphatic imine (C=N–C) groups is 1. The van der Waals surface area contributed by atoms with Gasteiger partial charge in [-0.15, -0.1) is 0 Å². The maximum atomic E-state index is 14.3. The lowest BCUT2D eigenvalue weighted by Crippen LogP contribution is -2.61. The van der Waals surface area contributed by atoms with Crippen LogP contribution in [0.15, 0.2) is 41.8 Å². The third-order valence-corrected chi connectivity index (χ3v) is 10.6. The second-order valence-electron chi connectivity index (χ2n) is 16.6. The lowest BCUT2D eigenvalue weighted by molar-refractivity contribution is -0.144. The molecule has 1 aliphatic rings. The number of rotatable bonds is 25. The van der Waals surface area contributed by atoms with Crippen molar-refractivity contribution in [1.82, 2.24) is 52.1 Å². The average Bonchev–Trinajstić information content (AvgIpc) is 3.95. The Hall–Kier alpha value is -6.78. The monoisotopic (exact) mass is 911 g/mol. The highest BCUT2D eigenvalue weighted by molar-refractivity contribution is 5.98. The molecule has 1 fully saturated rings. The zero-order chi connectivity index (χ0) is 48.4. The van der Waals surface area contributed by atoms with Gasteiger partial charge in [-0.2, -0.15) is 0 Å².